The first-order valence-corrected chi connectivity index (χ1v) is 8.66. The number of carbonyl (C=O) groups is 1. The highest BCUT2D eigenvalue weighted by molar-refractivity contribution is 5.81. The summed E-state index contributed by atoms with van der Waals surface area (Å²) in [7, 11) is 0. The van der Waals surface area contributed by atoms with Crippen LogP contribution in [0.3, 0.4) is 0 Å². The number of hydrogen-bond donors (Lipinski definition) is 1. The predicted octanol–water partition coefficient (Wildman–Crippen LogP) is 4.82. The van der Waals surface area contributed by atoms with E-state index in [4.69, 9.17) is 9.84 Å². The van der Waals surface area contributed by atoms with Crippen LogP contribution in [0, 0.1) is 0 Å². The minimum Gasteiger partial charge on any atom is -0.482 e. The van der Waals surface area contributed by atoms with Crippen LogP contribution in [0.2, 0.25) is 0 Å². The molecule has 0 unspecified atom stereocenters. The third-order valence-electron chi connectivity index (χ3n) is 3.96. The molecular formula is C22H21NO3. The molecule has 1 heterocycles. The van der Waals surface area contributed by atoms with Crippen molar-refractivity contribution in [1.29, 1.82) is 0 Å². The summed E-state index contributed by atoms with van der Waals surface area (Å²) >= 11 is 0. The van der Waals surface area contributed by atoms with Gasteiger partial charge in [-0.15, -0.1) is 0 Å². The Kier molecular flexibility index (Phi) is 5.64. The van der Waals surface area contributed by atoms with Crippen molar-refractivity contribution in [3.8, 4) is 5.75 Å². The normalized spacial score (nSPS) is 11.1. The van der Waals surface area contributed by atoms with Gasteiger partial charge < -0.3 is 9.84 Å². The number of pyridine rings is 1. The lowest BCUT2D eigenvalue weighted by Crippen LogP contribution is -2.09. The second kappa shape index (κ2) is 8.30. The number of fused-ring (bicyclic) bond motifs is 1. The molecule has 3 rings (SSSR count). The summed E-state index contributed by atoms with van der Waals surface area (Å²) in [5, 5.41) is 9.92. The van der Waals surface area contributed by atoms with Gasteiger partial charge in [0.05, 0.1) is 11.2 Å². The highest BCUT2D eigenvalue weighted by atomic mass is 16.5. The number of nitrogens with zero attached hydrogens (tertiary/aromatic N) is 1. The Balaban J connectivity index is 1.85. The molecule has 0 bridgehead atoms. The highest BCUT2D eigenvalue weighted by Crippen LogP contribution is 2.21. The first-order chi connectivity index (χ1) is 12.6. The zero-order valence-corrected chi connectivity index (χ0v) is 14.7. The van der Waals surface area contributed by atoms with Gasteiger partial charge in [0.15, 0.2) is 6.61 Å². The Hall–Kier alpha value is -3.14. The van der Waals surface area contributed by atoms with Gasteiger partial charge in [0.2, 0.25) is 0 Å². The molecular weight excluding hydrogens is 326 g/mol. The first-order valence-electron chi connectivity index (χ1n) is 8.66. The van der Waals surface area contributed by atoms with Gasteiger partial charge in [-0.25, -0.2) is 9.78 Å². The molecule has 0 aliphatic heterocycles. The van der Waals surface area contributed by atoms with Crippen molar-refractivity contribution in [2.75, 3.05) is 6.61 Å². The minimum atomic E-state index is -0.983. The third-order valence-corrected chi connectivity index (χ3v) is 3.96. The molecule has 0 radical (unpaired) electrons. The van der Waals surface area contributed by atoms with Gasteiger partial charge in [0.1, 0.15) is 5.75 Å². The van der Waals surface area contributed by atoms with Crippen LogP contribution in [0.25, 0.3) is 23.1 Å². The zero-order chi connectivity index (χ0) is 18.4. The molecule has 0 amide bonds. The molecule has 0 saturated heterocycles. The second-order valence-corrected chi connectivity index (χ2v) is 6.10. The summed E-state index contributed by atoms with van der Waals surface area (Å²) in [5.41, 5.74) is 3.92. The van der Waals surface area contributed by atoms with Gasteiger partial charge in [-0.1, -0.05) is 49.8 Å². The Morgan fingerprint density at radius 3 is 2.77 bits per heavy atom. The first kappa shape index (κ1) is 17.7. The summed E-state index contributed by atoms with van der Waals surface area (Å²) in [4.78, 5) is 15.4. The van der Waals surface area contributed by atoms with E-state index < -0.39 is 5.97 Å². The third kappa shape index (κ3) is 4.70. The molecule has 1 aromatic heterocycles. The topological polar surface area (TPSA) is 59.4 Å². The number of para-hydroxylation sites is 1. The quantitative estimate of drug-likeness (QED) is 0.665. The average molecular weight is 347 g/mol. The van der Waals surface area contributed by atoms with E-state index in [0.29, 0.717) is 5.75 Å². The van der Waals surface area contributed by atoms with E-state index in [1.54, 1.807) is 0 Å². The number of rotatable bonds is 7. The van der Waals surface area contributed by atoms with Crippen LogP contribution in [0.5, 0.6) is 5.75 Å². The summed E-state index contributed by atoms with van der Waals surface area (Å²) in [6.45, 7) is 1.77. The van der Waals surface area contributed by atoms with E-state index >= 15 is 0 Å². The molecule has 0 aliphatic rings. The maximum atomic E-state index is 10.7. The lowest BCUT2D eigenvalue weighted by molar-refractivity contribution is -0.139. The van der Waals surface area contributed by atoms with Gasteiger partial charge >= 0.3 is 5.97 Å². The molecule has 0 fully saturated rings. The van der Waals surface area contributed by atoms with E-state index in [0.717, 1.165) is 40.6 Å². The van der Waals surface area contributed by atoms with E-state index in [9.17, 15) is 4.79 Å². The standard InChI is InChI=1S/C22H21NO3/c1-2-5-16-12-17(14-20(13-16)26-15-22(24)25)8-10-19-11-9-18-6-3-4-7-21(18)23-19/h3-4,6-14H,2,5,15H2,1H3,(H,24,25)/b10-8+. The summed E-state index contributed by atoms with van der Waals surface area (Å²) < 4.78 is 5.36. The number of ether oxygens (including phenoxy) is 1. The van der Waals surface area contributed by atoms with Gasteiger partial charge in [0.25, 0.3) is 0 Å². The maximum absolute atomic E-state index is 10.7. The monoisotopic (exact) mass is 347 g/mol. The van der Waals surface area contributed by atoms with Crippen LogP contribution in [-0.2, 0) is 11.2 Å². The average Bonchev–Trinajstić information content (AvgIpc) is 2.65. The predicted molar refractivity (Wildman–Crippen MR) is 104 cm³/mol. The minimum absolute atomic E-state index is 0.342. The zero-order valence-electron chi connectivity index (χ0n) is 14.7. The summed E-state index contributed by atoms with van der Waals surface area (Å²) in [5.74, 6) is -0.409. The van der Waals surface area contributed by atoms with E-state index in [-0.39, 0.29) is 6.61 Å². The number of aromatic nitrogens is 1. The van der Waals surface area contributed by atoms with Gasteiger partial charge in [-0.3, -0.25) is 0 Å². The van der Waals surface area contributed by atoms with Gasteiger partial charge in [0, 0.05) is 5.39 Å². The molecule has 4 heteroatoms. The number of carboxylic acid groups (broad SMARTS) is 1. The van der Waals surface area contributed by atoms with Crippen LogP contribution in [0.4, 0.5) is 0 Å². The molecule has 1 N–H and O–H groups in total. The van der Waals surface area contributed by atoms with Crippen molar-refractivity contribution >= 4 is 29.0 Å². The van der Waals surface area contributed by atoms with Crippen molar-refractivity contribution in [2.45, 2.75) is 19.8 Å². The molecule has 0 aliphatic carbocycles. The lowest BCUT2D eigenvalue weighted by atomic mass is 10.1. The van der Waals surface area contributed by atoms with Crippen molar-refractivity contribution in [2.24, 2.45) is 0 Å². The number of aliphatic carboxylic acids is 1. The van der Waals surface area contributed by atoms with Crippen LogP contribution >= 0.6 is 0 Å². The number of benzene rings is 2. The van der Waals surface area contributed by atoms with Crippen molar-refractivity contribution < 1.29 is 14.6 Å². The molecule has 26 heavy (non-hydrogen) atoms. The smallest absolute Gasteiger partial charge is 0.341 e. The largest absolute Gasteiger partial charge is 0.482 e. The van der Waals surface area contributed by atoms with E-state index in [2.05, 4.69) is 24.0 Å². The molecule has 2 aromatic carbocycles. The van der Waals surface area contributed by atoms with Crippen molar-refractivity contribution in [3.63, 3.8) is 0 Å². The fourth-order valence-corrected chi connectivity index (χ4v) is 2.80. The summed E-state index contributed by atoms with van der Waals surface area (Å²) in [6.07, 6.45) is 5.86. The van der Waals surface area contributed by atoms with E-state index in [1.165, 1.54) is 0 Å². The number of carboxylic acids is 1. The Morgan fingerprint density at radius 2 is 1.96 bits per heavy atom. The van der Waals surface area contributed by atoms with Crippen LogP contribution < -0.4 is 4.74 Å². The van der Waals surface area contributed by atoms with Crippen molar-refractivity contribution in [3.05, 3.63) is 71.4 Å². The fraction of sp³-hybridized carbons (Fsp3) is 0.182. The van der Waals surface area contributed by atoms with Crippen LogP contribution in [-0.4, -0.2) is 22.7 Å². The SMILES string of the molecule is CCCc1cc(/C=C/c2ccc3ccccc3n2)cc(OCC(=O)O)c1. The van der Waals surface area contributed by atoms with E-state index in [1.807, 2.05) is 54.6 Å². The highest BCUT2D eigenvalue weighted by Gasteiger charge is 2.03. The van der Waals surface area contributed by atoms with Gasteiger partial charge in [-0.05, 0) is 47.9 Å². The lowest BCUT2D eigenvalue weighted by Gasteiger charge is -2.08. The molecule has 0 atom stereocenters. The Morgan fingerprint density at radius 1 is 1.12 bits per heavy atom. The molecule has 3 aromatic rings. The molecule has 132 valence electrons. The van der Waals surface area contributed by atoms with Crippen LogP contribution in [0.15, 0.2) is 54.6 Å². The second-order valence-electron chi connectivity index (χ2n) is 6.10. The maximum Gasteiger partial charge on any atom is 0.341 e. The van der Waals surface area contributed by atoms with Crippen LogP contribution in [0.1, 0.15) is 30.2 Å². The van der Waals surface area contributed by atoms with Gasteiger partial charge in [-0.2, -0.15) is 0 Å². The fourth-order valence-electron chi connectivity index (χ4n) is 2.80. The van der Waals surface area contributed by atoms with Crippen molar-refractivity contribution in [1.82, 2.24) is 4.98 Å². The summed E-state index contributed by atoms with van der Waals surface area (Å²) in [6, 6.07) is 17.9. The molecule has 0 spiro atoms. The number of hydrogen-bond acceptors (Lipinski definition) is 3. The Bertz CT molecular complexity index is 947. The molecule has 4 nitrogen and oxygen atoms in total. The molecule has 0 saturated carbocycles. The number of aryl methyl sites for hydroxylation is 1. The Labute approximate surface area is 152 Å².